The van der Waals surface area contributed by atoms with Crippen LogP contribution in [0.5, 0.6) is 0 Å². The van der Waals surface area contributed by atoms with Gasteiger partial charge in [-0.05, 0) is 39.3 Å². The molecule has 24 heavy (non-hydrogen) atoms. The number of carbonyl (C=O) groups excluding carboxylic acids is 4. The van der Waals surface area contributed by atoms with Crippen LogP contribution in [0.3, 0.4) is 0 Å². The minimum atomic E-state index is -0.832. The van der Waals surface area contributed by atoms with Crippen molar-refractivity contribution in [3.8, 4) is 0 Å². The van der Waals surface area contributed by atoms with E-state index >= 15 is 0 Å². The largest absolute Gasteiger partial charge is 0.444 e. The monoisotopic (exact) mass is 332 g/mol. The van der Waals surface area contributed by atoms with E-state index in [1.807, 2.05) is 0 Å². The van der Waals surface area contributed by atoms with Crippen molar-refractivity contribution in [3.05, 3.63) is 29.8 Å². The number of ether oxygens (including phenoxy) is 1. The summed E-state index contributed by atoms with van der Waals surface area (Å²) in [5.41, 5.74) is -0.0355. The summed E-state index contributed by atoms with van der Waals surface area (Å²) in [5, 5.41) is 2.54. The summed E-state index contributed by atoms with van der Waals surface area (Å²) >= 11 is 0. The van der Waals surface area contributed by atoms with Gasteiger partial charge in [0, 0.05) is 13.0 Å². The van der Waals surface area contributed by atoms with Crippen LogP contribution in [0.1, 0.15) is 44.0 Å². The molecule has 7 nitrogen and oxygen atoms in total. The van der Waals surface area contributed by atoms with E-state index in [9.17, 15) is 19.2 Å². The molecular formula is C17H20N2O5. The van der Waals surface area contributed by atoms with Crippen LogP contribution < -0.4 is 10.2 Å². The van der Waals surface area contributed by atoms with Crippen LogP contribution in [-0.4, -0.2) is 35.8 Å². The molecular weight excluding hydrogens is 312 g/mol. The zero-order valence-corrected chi connectivity index (χ0v) is 13.9. The van der Waals surface area contributed by atoms with Crippen molar-refractivity contribution in [2.75, 3.05) is 11.4 Å². The number of anilines is 1. The predicted octanol–water partition coefficient (Wildman–Crippen LogP) is 2.05. The molecule has 1 aromatic rings. The van der Waals surface area contributed by atoms with Gasteiger partial charge in [0.25, 0.3) is 5.78 Å². The Hall–Kier alpha value is -2.70. The Balaban J connectivity index is 1.87. The number of para-hydroxylation sites is 1. The Morgan fingerprint density at radius 3 is 2.50 bits per heavy atom. The van der Waals surface area contributed by atoms with E-state index in [4.69, 9.17) is 4.74 Å². The molecule has 0 aromatic heterocycles. The van der Waals surface area contributed by atoms with E-state index in [2.05, 4.69) is 5.32 Å². The van der Waals surface area contributed by atoms with E-state index in [0.29, 0.717) is 12.1 Å². The summed E-state index contributed by atoms with van der Waals surface area (Å²) in [7, 11) is 0. The van der Waals surface area contributed by atoms with Gasteiger partial charge in [-0.1, -0.05) is 12.1 Å². The van der Waals surface area contributed by atoms with Gasteiger partial charge in [0.05, 0.1) is 11.3 Å². The summed E-state index contributed by atoms with van der Waals surface area (Å²) in [4.78, 5) is 48.5. The molecule has 2 rings (SSSR count). The van der Waals surface area contributed by atoms with E-state index in [-0.39, 0.29) is 18.5 Å². The molecule has 0 radical (unpaired) electrons. The Labute approximate surface area is 140 Å². The average molecular weight is 332 g/mol. The predicted molar refractivity (Wildman–Crippen MR) is 86.7 cm³/mol. The number of carbonyl (C=O) groups is 4. The topological polar surface area (TPSA) is 92.8 Å². The van der Waals surface area contributed by atoms with Crippen LogP contribution in [0.25, 0.3) is 0 Å². The van der Waals surface area contributed by atoms with Gasteiger partial charge < -0.3 is 10.1 Å². The van der Waals surface area contributed by atoms with Gasteiger partial charge in [0.15, 0.2) is 0 Å². The Morgan fingerprint density at radius 1 is 1.17 bits per heavy atom. The molecule has 3 amide bonds. The van der Waals surface area contributed by atoms with Crippen molar-refractivity contribution in [1.82, 2.24) is 5.32 Å². The number of ketones is 1. The molecule has 0 aliphatic carbocycles. The van der Waals surface area contributed by atoms with Crippen LogP contribution >= 0.6 is 0 Å². The quantitative estimate of drug-likeness (QED) is 0.673. The molecule has 1 heterocycles. The fourth-order valence-electron chi connectivity index (χ4n) is 2.29. The number of amides is 3. The van der Waals surface area contributed by atoms with Crippen molar-refractivity contribution in [1.29, 1.82) is 0 Å². The maximum atomic E-state index is 12.2. The third kappa shape index (κ3) is 3.98. The maximum Gasteiger partial charge on any atom is 0.407 e. The van der Waals surface area contributed by atoms with Gasteiger partial charge >= 0.3 is 12.0 Å². The third-order valence-electron chi connectivity index (χ3n) is 3.27. The number of benzene rings is 1. The second kappa shape index (κ2) is 6.82. The first-order valence-corrected chi connectivity index (χ1v) is 7.68. The number of imide groups is 1. The highest BCUT2D eigenvalue weighted by Gasteiger charge is 2.38. The lowest BCUT2D eigenvalue weighted by Gasteiger charge is -2.19. The van der Waals surface area contributed by atoms with Crippen LogP contribution in [-0.2, 0) is 14.3 Å². The van der Waals surface area contributed by atoms with Gasteiger partial charge in [-0.3, -0.25) is 14.4 Å². The highest BCUT2D eigenvalue weighted by Crippen LogP contribution is 2.29. The zero-order chi connectivity index (χ0) is 17.9. The Bertz CT molecular complexity index is 690. The van der Waals surface area contributed by atoms with Gasteiger partial charge in [-0.2, -0.15) is 0 Å². The van der Waals surface area contributed by atoms with Crippen LogP contribution in [0, 0.1) is 0 Å². The number of Topliss-reactive ketones (excluding diaryl/α,β-unsaturated/α-hetero) is 1. The minimum Gasteiger partial charge on any atom is -0.444 e. The van der Waals surface area contributed by atoms with Gasteiger partial charge in [-0.15, -0.1) is 0 Å². The number of hydrogen-bond acceptors (Lipinski definition) is 5. The van der Waals surface area contributed by atoms with Crippen molar-refractivity contribution < 1.29 is 23.9 Å². The third-order valence-corrected chi connectivity index (χ3v) is 3.27. The Morgan fingerprint density at radius 2 is 1.83 bits per heavy atom. The molecule has 0 bridgehead atoms. The number of rotatable bonds is 4. The van der Waals surface area contributed by atoms with Gasteiger partial charge in [0.1, 0.15) is 5.60 Å². The first kappa shape index (κ1) is 17.7. The number of nitrogens with one attached hydrogen (secondary N) is 1. The number of nitrogens with zero attached hydrogens (tertiary/aromatic N) is 1. The van der Waals surface area contributed by atoms with Crippen LogP contribution in [0.15, 0.2) is 24.3 Å². The molecule has 1 aliphatic rings. The van der Waals surface area contributed by atoms with E-state index in [1.54, 1.807) is 39.0 Å². The molecule has 0 spiro atoms. The molecule has 0 fully saturated rings. The van der Waals surface area contributed by atoms with Crippen molar-refractivity contribution in [2.45, 2.75) is 39.2 Å². The normalized spacial score (nSPS) is 13.7. The number of hydrogen-bond donors (Lipinski definition) is 1. The number of fused-ring (bicyclic) bond motifs is 1. The molecule has 128 valence electrons. The summed E-state index contributed by atoms with van der Waals surface area (Å²) in [6.07, 6.45) is -0.200. The average Bonchev–Trinajstić information content (AvgIpc) is 2.74. The molecule has 0 saturated heterocycles. The van der Waals surface area contributed by atoms with E-state index in [1.165, 1.54) is 6.07 Å². The molecule has 1 aromatic carbocycles. The first-order chi connectivity index (χ1) is 11.2. The van der Waals surface area contributed by atoms with Gasteiger partial charge in [0.2, 0.25) is 5.91 Å². The maximum absolute atomic E-state index is 12.2. The minimum absolute atomic E-state index is 0.0309. The van der Waals surface area contributed by atoms with Crippen molar-refractivity contribution in [2.24, 2.45) is 0 Å². The van der Waals surface area contributed by atoms with E-state index < -0.39 is 29.3 Å². The van der Waals surface area contributed by atoms with Crippen LogP contribution in [0.4, 0.5) is 10.5 Å². The molecule has 0 unspecified atom stereocenters. The summed E-state index contributed by atoms with van der Waals surface area (Å²) in [6, 6.07) is 6.39. The summed E-state index contributed by atoms with van der Waals surface area (Å²) in [6.45, 7) is 5.49. The first-order valence-electron chi connectivity index (χ1n) is 7.68. The number of alkyl carbamates (subject to hydrolysis) is 1. The second-order valence-electron chi connectivity index (χ2n) is 6.41. The Kier molecular flexibility index (Phi) is 5.02. The lowest BCUT2D eigenvalue weighted by atomic mass is 10.1. The molecule has 7 heteroatoms. The highest BCUT2D eigenvalue weighted by atomic mass is 16.6. The standard InChI is InChI=1S/C17H20N2O5/c1-17(2,3)24-16(23)18-10-6-9-13(20)19-12-8-5-4-7-11(12)14(21)15(19)22/h4-5,7-8H,6,9-10H2,1-3H3,(H,18,23). The molecule has 1 aliphatic heterocycles. The van der Waals surface area contributed by atoms with Crippen molar-refractivity contribution in [3.63, 3.8) is 0 Å². The summed E-state index contributed by atoms with van der Waals surface area (Å²) < 4.78 is 5.08. The van der Waals surface area contributed by atoms with Crippen molar-refractivity contribution >= 4 is 29.4 Å². The van der Waals surface area contributed by atoms with Gasteiger partial charge in [-0.25, -0.2) is 9.69 Å². The fourth-order valence-corrected chi connectivity index (χ4v) is 2.29. The fraction of sp³-hybridized carbons (Fsp3) is 0.412. The van der Waals surface area contributed by atoms with Crippen LogP contribution in [0.2, 0.25) is 0 Å². The zero-order valence-electron chi connectivity index (χ0n) is 13.9. The lowest BCUT2D eigenvalue weighted by molar-refractivity contribution is -0.124. The molecule has 0 atom stereocenters. The molecule has 0 saturated carbocycles. The summed E-state index contributed by atoms with van der Waals surface area (Å²) in [5.74, 6) is -1.98. The lowest BCUT2D eigenvalue weighted by Crippen LogP contribution is -2.37. The molecule has 1 N–H and O–H groups in total. The highest BCUT2D eigenvalue weighted by molar-refractivity contribution is 6.56. The second-order valence-corrected chi connectivity index (χ2v) is 6.41. The smallest absolute Gasteiger partial charge is 0.407 e. The SMILES string of the molecule is CC(C)(C)OC(=O)NCCCC(=O)N1C(=O)C(=O)c2ccccc21. The van der Waals surface area contributed by atoms with E-state index in [0.717, 1.165) is 4.90 Å².